The first-order valence-corrected chi connectivity index (χ1v) is 7.23. The van der Waals surface area contributed by atoms with E-state index in [2.05, 4.69) is 15.0 Å². The monoisotopic (exact) mass is 291 g/mol. The first-order chi connectivity index (χ1) is 9.47. The van der Waals surface area contributed by atoms with Gasteiger partial charge in [0.15, 0.2) is 0 Å². The lowest BCUT2D eigenvalue weighted by Gasteiger charge is -2.20. The topological polar surface area (TPSA) is 71.1 Å². The van der Waals surface area contributed by atoms with Gasteiger partial charge in [-0.2, -0.15) is 4.37 Å². The third-order valence-electron chi connectivity index (χ3n) is 2.93. The number of aromatic nitrogens is 1. The molecule has 0 fully saturated rings. The predicted octanol–water partition coefficient (Wildman–Crippen LogP) is 2.40. The van der Waals surface area contributed by atoms with Crippen molar-refractivity contribution < 1.29 is 9.59 Å². The van der Waals surface area contributed by atoms with Crippen molar-refractivity contribution in [1.29, 1.82) is 0 Å². The van der Waals surface area contributed by atoms with Crippen molar-refractivity contribution in [2.45, 2.75) is 26.8 Å². The van der Waals surface area contributed by atoms with Gasteiger partial charge in [-0.1, -0.05) is 13.8 Å². The Morgan fingerprint density at radius 3 is 2.70 bits per heavy atom. The summed E-state index contributed by atoms with van der Waals surface area (Å²) in [7, 11) is 0. The first kappa shape index (κ1) is 14.5. The van der Waals surface area contributed by atoms with E-state index < -0.39 is 6.04 Å². The Bertz CT molecular complexity index is 636. The smallest absolute Gasteiger partial charge is 0.247 e. The van der Waals surface area contributed by atoms with E-state index in [9.17, 15) is 9.59 Å². The number of carbonyl (C=O) groups excluding carboxylic acids is 2. The highest BCUT2D eigenvalue weighted by molar-refractivity contribution is 7.04. The molecule has 0 aliphatic rings. The van der Waals surface area contributed by atoms with E-state index in [1.165, 1.54) is 18.5 Å². The minimum atomic E-state index is -0.538. The molecule has 0 aliphatic carbocycles. The van der Waals surface area contributed by atoms with Gasteiger partial charge in [0.05, 0.1) is 5.52 Å². The summed E-state index contributed by atoms with van der Waals surface area (Å²) in [4.78, 5) is 23.4. The molecule has 0 unspecified atom stereocenters. The zero-order valence-electron chi connectivity index (χ0n) is 11.6. The van der Waals surface area contributed by atoms with Crippen LogP contribution >= 0.6 is 11.5 Å². The molecule has 5 nitrogen and oxygen atoms in total. The molecule has 1 atom stereocenters. The maximum Gasteiger partial charge on any atom is 0.247 e. The molecule has 0 saturated heterocycles. The van der Waals surface area contributed by atoms with Crippen molar-refractivity contribution in [1.82, 2.24) is 9.69 Å². The summed E-state index contributed by atoms with van der Waals surface area (Å²) in [6.07, 6.45) is 0. The number of hydrogen-bond donors (Lipinski definition) is 2. The molecule has 0 spiro atoms. The SMILES string of the molecule is CC(=O)N[C@@H](C(=O)Nc1ccc2nscc2c1)C(C)C. The Balaban J connectivity index is 2.14. The summed E-state index contributed by atoms with van der Waals surface area (Å²) in [5.41, 5.74) is 1.62. The molecule has 6 heteroatoms. The van der Waals surface area contributed by atoms with Crippen LogP contribution in [0, 0.1) is 5.92 Å². The number of rotatable bonds is 4. The molecule has 20 heavy (non-hydrogen) atoms. The van der Waals surface area contributed by atoms with E-state index in [1.807, 2.05) is 37.4 Å². The molecule has 2 N–H and O–H groups in total. The molecule has 2 rings (SSSR count). The van der Waals surface area contributed by atoms with Crippen molar-refractivity contribution in [3.05, 3.63) is 23.6 Å². The molecule has 0 radical (unpaired) electrons. The maximum atomic E-state index is 12.2. The van der Waals surface area contributed by atoms with Crippen LogP contribution in [0.3, 0.4) is 0 Å². The van der Waals surface area contributed by atoms with Gasteiger partial charge >= 0.3 is 0 Å². The van der Waals surface area contributed by atoms with Crippen LogP contribution in [-0.2, 0) is 9.59 Å². The summed E-state index contributed by atoms with van der Waals surface area (Å²) in [5.74, 6) is -0.403. The molecule has 1 aromatic carbocycles. The third kappa shape index (κ3) is 3.33. The second-order valence-corrected chi connectivity index (χ2v) is 5.63. The summed E-state index contributed by atoms with van der Waals surface area (Å²) in [5, 5.41) is 8.43. The van der Waals surface area contributed by atoms with E-state index in [4.69, 9.17) is 0 Å². The van der Waals surface area contributed by atoms with E-state index in [1.54, 1.807) is 0 Å². The predicted molar refractivity (Wildman–Crippen MR) is 80.7 cm³/mol. The minimum absolute atomic E-state index is 0.0189. The largest absolute Gasteiger partial charge is 0.344 e. The fourth-order valence-electron chi connectivity index (χ4n) is 1.92. The number of benzene rings is 1. The number of carbonyl (C=O) groups is 2. The minimum Gasteiger partial charge on any atom is -0.344 e. The Morgan fingerprint density at radius 2 is 2.05 bits per heavy atom. The van der Waals surface area contributed by atoms with Gasteiger partial charge in [0.2, 0.25) is 11.8 Å². The summed E-state index contributed by atoms with van der Waals surface area (Å²) in [6, 6.07) is 5.01. The molecular weight excluding hydrogens is 274 g/mol. The molecule has 1 aromatic heterocycles. The fraction of sp³-hybridized carbons (Fsp3) is 0.357. The van der Waals surface area contributed by atoms with Crippen LogP contribution in [0.25, 0.3) is 10.9 Å². The van der Waals surface area contributed by atoms with Crippen molar-refractivity contribution in [2.75, 3.05) is 5.32 Å². The average molecular weight is 291 g/mol. The summed E-state index contributed by atoms with van der Waals surface area (Å²) >= 11 is 1.38. The zero-order chi connectivity index (χ0) is 14.7. The lowest BCUT2D eigenvalue weighted by atomic mass is 10.0. The molecular formula is C14H17N3O2S. The van der Waals surface area contributed by atoms with Crippen molar-refractivity contribution in [3.63, 3.8) is 0 Å². The number of amides is 2. The lowest BCUT2D eigenvalue weighted by molar-refractivity contribution is -0.126. The number of nitrogens with one attached hydrogen (secondary N) is 2. The quantitative estimate of drug-likeness (QED) is 0.908. The van der Waals surface area contributed by atoms with E-state index in [0.717, 1.165) is 10.9 Å². The van der Waals surface area contributed by atoms with Gasteiger partial charge in [0, 0.05) is 23.4 Å². The number of nitrogens with zero attached hydrogens (tertiary/aromatic N) is 1. The van der Waals surface area contributed by atoms with Crippen LogP contribution in [0.5, 0.6) is 0 Å². The maximum absolute atomic E-state index is 12.2. The molecule has 0 saturated carbocycles. The van der Waals surface area contributed by atoms with Crippen LogP contribution in [0.1, 0.15) is 20.8 Å². The van der Waals surface area contributed by atoms with Gasteiger partial charge in [0.25, 0.3) is 0 Å². The van der Waals surface area contributed by atoms with Crippen LogP contribution in [0.4, 0.5) is 5.69 Å². The molecule has 106 valence electrons. The van der Waals surface area contributed by atoms with Crippen molar-refractivity contribution in [2.24, 2.45) is 5.92 Å². The molecule has 2 amide bonds. The Labute approximate surface area is 121 Å². The van der Waals surface area contributed by atoms with Gasteiger partial charge in [-0.3, -0.25) is 9.59 Å². The number of hydrogen-bond acceptors (Lipinski definition) is 4. The standard InChI is InChI=1S/C14H17N3O2S/c1-8(2)13(15-9(3)18)14(19)16-11-4-5-12-10(6-11)7-20-17-12/h4-8,13H,1-3H3,(H,15,18)(H,16,19)/t13-/m1/s1. The van der Waals surface area contributed by atoms with Gasteiger partial charge in [-0.05, 0) is 35.6 Å². The van der Waals surface area contributed by atoms with Crippen LogP contribution in [0.2, 0.25) is 0 Å². The second kappa shape index (κ2) is 6.00. The van der Waals surface area contributed by atoms with Crippen molar-refractivity contribution in [3.8, 4) is 0 Å². The van der Waals surface area contributed by atoms with Crippen molar-refractivity contribution >= 4 is 39.9 Å². The third-order valence-corrected chi connectivity index (χ3v) is 3.60. The Kier molecular flexibility index (Phi) is 4.34. The summed E-state index contributed by atoms with van der Waals surface area (Å²) in [6.45, 7) is 5.20. The highest BCUT2D eigenvalue weighted by atomic mass is 32.1. The van der Waals surface area contributed by atoms with Gasteiger partial charge < -0.3 is 10.6 Å². The molecule has 0 bridgehead atoms. The highest BCUT2D eigenvalue weighted by Crippen LogP contribution is 2.20. The van der Waals surface area contributed by atoms with Gasteiger partial charge in [0.1, 0.15) is 6.04 Å². The Morgan fingerprint density at radius 1 is 1.30 bits per heavy atom. The lowest BCUT2D eigenvalue weighted by Crippen LogP contribution is -2.46. The van der Waals surface area contributed by atoms with E-state index in [-0.39, 0.29) is 17.7 Å². The highest BCUT2D eigenvalue weighted by Gasteiger charge is 2.23. The van der Waals surface area contributed by atoms with Crippen LogP contribution < -0.4 is 10.6 Å². The first-order valence-electron chi connectivity index (χ1n) is 6.39. The number of anilines is 1. The zero-order valence-corrected chi connectivity index (χ0v) is 12.5. The molecule has 2 aromatic rings. The second-order valence-electron chi connectivity index (χ2n) is 5.00. The van der Waals surface area contributed by atoms with Gasteiger partial charge in [-0.15, -0.1) is 0 Å². The molecule has 1 heterocycles. The average Bonchev–Trinajstić information content (AvgIpc) is 2.82. The summed E-state index contributed by atoms with van der Waals surface area (Å²) < 4.78 is 4.21. The van der Waals surface area contributed by atoms with Crippen LogP contribution in [0.15, 0.2) is 23.6 Å². The number of fused-ring (bicyclic) bond motifs is 1. The fourth-order valence-corrected chi connectivity index (χ4v) is 2.56. The van der Waals surface area contributed by atoms with E-state index in [0.29, 0.717) is 5.69 Å². The van der Waals surface area contributed by atoms with Gasteiger partial charge in [-0.25, -0.2) is 0 Å². The Hall–Kier alpha value is -1.95. The normalized spacial score (nSPS) is 12.4. The molecule has 0 aliphatic heterocycles. The van der Waals surface area contributed by atoms with Crippen LogP contribution in [-0.4, -0.2) is 22.2 Å². The van der Waals surface area contributed by atoms with E-state index >= 15 is 0 Å².